The van der Waals surface area contributed by atoms with Gasteiger partial charge in [0.1, 0.15) is 5.82 Å². The summed E-state index contributed by atoms with van der Waals surface area (Å²) in [5, 5.41) is 4.38. The predicted molar refractivity (Wildman–Crippen MR) is 81.5 cm³/mol. The van der Waals surface area contributed by atoms with Crippen LogP contribution in [-0.4, -0.2) is 16.5 Å². The highest BCUT2D eigenvalue weighted by Crippen LogP contribution is 2.29. The Balaban J connectivity index is 2.19. The summed E-state index contributed by atoms with van der Waals surface area (Å²) >= 11 is 0. The van der Waals surface area contributed by atoms with Gasteiger partial charge in [-0.15, -0.1) is 0 Å². The third-order valence-electron chi connectivity index (χ3n) is 3.51. The molecule has 2 aromatic heterocycles. The van der Waals surface area contributed by atoms with Crippen LogP contribution in [0.1, 0.15) is 24.1 Å². The van der Waals surface area contributed by atoms with Crippen LogP contribution in [0.2, 0.25) is 0 Å². The van der Waals surface area contributed by atoms with Gasteiger partial charge in [-0.1, -0.05) is 25.1 Å². The second-order valence-electron chi connectivity index (χ2n) is 4.81. The molecule has 0 fully saturated rings. The monoisotopic (exact) mass is 281 g/mol. The summed E-state index contributed by atoms with van der Waals surface area (Å²) in [5.74, 6) is -0.302. The highest BCUT2D eigenvalue weighted by atomic mass is 19.1. The normalized spacial score (nSPS) is 12.5. The molecule has 3 nitrogen and oxygen atoms in total. The minimum Gasteiger partial charge on any atom is -0.306 e. The molecule has 0 aliphatic carbocycles. The van der Waals surface area contributed by atoms with E-state index >= 15 is 0 Å². The zero-order chi connectivity index (χ0) is 14.7. The van der Waals surface area contributed by atoms with Gasteiger partial charge in [-0.25, -0.2) is 4.39 Å². The van der Waals surface area contributed by atoms with Crippen LogP contribution < -0.4 is 5.32 Å². The van der Waals surface area contributed by atoms with E-state index in [1.165, 1.54) is 6.20 Å². The minimum atomic E-state index is -0.302. The summed E-state index contributed by atoms with van der Waals surface area (Å²) in [7, 11) is 0. The Morgan fingerprint density at radius 1 is 1.10 bits per heavy atom. The van der Waals surface area contributed by atoms with E-state index in [9.17, 15) is 4.39 Å². The van der Waals surface area contributed by atoms with Gasteiger partial charge in [0.2, 0.25) is 0 Å². The molecule has 1 unspecified atom stereocenters. The molecule has 2 heterocycles. The highest BCUT2D eigenvalue weighted by molar-refractivity contribution is 5.83. The second-order valence-corrected chi connectivity index (χ2v) is 4.81. The van der Waals surface area contributed by atoms with Gasteiger partial charge in [-0.3, -0.25) is 9.97 Å². The average Bonchev–Trinajstić information content (AvgIpc) is 2.53. The molecule has 21 heavy (non-hydrogen) atoms. The molecule has 0 saturated heterocycles. The molecule has 3 aromatic rings. The summed E-state index contributed by atoms with van der Waals surface area (Å²) in [6.07, 6.45) is 4.64. The van der Waals surface area contributed by atoms with E-state index in [2.05, 4.69) is 15.3 Å². The fraction of sp³-hybridized carbons (Fsp3) is 0.176. The van der Waals surface area contributed by atoms with Gasteiger partial charge in [-0.05, 0) is 30.3 Å². The van der Waals surface area contributed by atoms with Gasteiger partial charge in [0, 0.05) is 23.3 Å². The van der Waals surface area contributed by atoms with Crippen molar-refractivity contribution in [1.82, 2.24) is 15.3 Å². The number of hydrogen-bond acceptors (Lipinski definition) is 3. The molecule has 1 atom stereocenters. The van der Waals surface area contributed by atoms with Crippen molar-refractivity contribution in [1.29, 1.82) is 0 Å². The minimum absolute atomic E-state index is 0.217. The molecule has 3 rings (SSSR count). The number of nitrogens with one attached hydrogen (secondary N) is 1. The van der Waals surface area contributed by atoms with Gasteiger partial charge in [0.15, 0.2) is 0 Å². The van der Waals surface area contributed by atoms with E-state index in [1.54, 1.807) is 18.5 Å². The van der Waals surface area contributed by atoms with Crippen molar-refractivity contribution in [3.63, 3.8) is 0 Å². The maximum absolute atomic E-state index is 14.1. The summed E-state index contributed by atoms with van der Waals surface area (Å²) < 4.78 is 14.1. The van der Waals surface area contributed by atoms with E-state index in [0.29, 0.717) is 5.56 Å². The third-order valence-corrected chi connectivity index (χ3v) is 3.51. The van der Waals surface area contributed by atoms with Crippen LogP contribution >= 0.6 is 0 Å². The number of nitrogens with zero attached hydrogens (tertiary/aromatic N) is 2. The number of benzene rings is 1. The molecule has 0 aliphatic heterocycles. The van der Waals surface area contributed by atoms with Gasteiger partial charge in [0.25, 0.3) is 0 Å². The Morgan fingerprint density at radius 2 is 2.00 bits per heavy atom. The molecule has 4 heteroatoms. The maximum atomic E-state index is 14.1. The lowest BCUT2D eigenvalue weighted by molar-refractivity contribution is 0.556. The summed E-state index contributed by atoms with van der Waals surface area (Å²) in [5.41, 5.74) is 2.53. The quantitative estimate of drug-likeness (QED) is 0.795. The molecule has 1 aromatic carbocycles. The van der Waals surface area contributed by atoms with Crippen LogP contribution in [-0.2, 0) is 0 Å². The molecular weight excluding hydrogens is 265 g/mol. The van der Waals surface area contributed by atoms with Crippen LogP contribution in [0.4, 0.5) is 4.39 Å². The molecule has 0 aliphatic rings. The van der Waals surface area contributed by atoms with Crippen molar-refractivity contribution in [3.05, 3.63) is 71.9 Å². The highest BCUT2D eigenvalue weighted by Gasteiger charge is 2.19. The first-order chi connectivity index (χ1) is 10.3. The molecule has 0 bridgehead atoms. The Hall–Kier alpha value is -2.33. The van der Waals surface area contributed by atoms with Crippen LogP contribution in [0.3, 0.4) is 0 Å². The van der Waals surface area contributed by atoms with Crippen molar-refractivity contribution in [2.75, 3.05) is 6.54 Å². The fourth-order valence-corrected chi connectivity index (χ4v) is 2.59. The molecule has 106 valence electrons. The van der Waals surface area contributed by atoms with Gasteiger partial charge < -0.3 is 5.32 Å². The number of aromatic nitrogens is 2. The Bertz CT molecular complexity index is 752. The summed E-state index contributed by atoms with van der Waals surface area (Å²) in [6, 6.07) is 11.3. The first kappa shape index (κ1) is 13.6. The van der Waals surface area contributed by atoms with E-state index in [4.69, 9.17) is 0 Å². The molecule has 0 spiro atoms. The Morgan fingerprint density at radius 3 is 2.81 bits per heavy atom. The standard InChI is InChI=1S/C17H16FN3/c1-2-20-17(14-8-10-19-11-15(14)18)13-5-3-7-16-12(13)6-4-9-21-16/h3-11,17,20H,2H2,1H3. The van der Waals surface area contributed by atoms with Crippen molar-refractivity contribution >= 4 is 10.9 Å². The smallest absolute Gasteiger partial charge is 0.146 e. The first-order valence-corrected chi connectivity index (χ1v) is 6.97. The average molecular weight is 281 g/mol. The fourth-order valence-electron chi connectivity index (χ4n) is 2.59. The number of fused-ring (bicyclic) bond motifs is 1. The zero-order valence-electron chi connectivity index (χ0n) is 11.8. The van der Waals surface area contributed by atoms with E-state index < -0.39 is 0 Å². The van der Waals surface area contributed by atoms with Crippen LogP contribution in [0.15, 0.2) is 55.0 Å². The number of halogens is 1. The lowest BCUT2D eigenvalue weighted by Crippen LogP contribution is -2.23. The third kappa shape index (κ3) is 2.62. The van der Waals surface area contributed by atoms with Crippen molar-refractivity contribution < 1.29 is 4.39 Å². The summed E-state index contributed by atoms with van der Waals surface area (Å²) in [4.78, 5) is 8.19. The van der Waals surface area contributed by atoms with Crippen LogP contribution in [0.5, 0.6) is 0 Å². The lowest BCUT2D eigenvalue weighted by atomic mass is 9.95. The molecule has 0 amide bonds. The number of pyridine rings is 2. The first-order valence-electron chi connectivity index (χ1n) is 6.97. The van der Waals surface area contributed by atoms with Gasteiger partial charge >= 0.3 is 0 Å². The maximum Gasteiger partial charge on any atom is 0.146 e. The molecule has 0 saturated carbocycles. The predicted octanol–water partition coefficient (Wildman–Crippen LogP) is 3.47. The molecule has 1 N–H and O–H groups in total. The van der Waals surface area contributed by atoms with E-state index in [1.807, 2.05) is 37.3 Å². The SMILES string of the molecule is CCNC(c1ccncc1F)c1cccc2ncccc12. The number of hydrogen-bond donors (Lipinski definition) is 1. The van der Waals surface area contributed by atoms with Crippen molar-refractivity contribution in [2.24, 2.45) is 0 Å². The Labute approximate surface area is 122 Å². The van der Waals surface area contributed by atoms with Crippen molar-refractivity contribution in [3.8, 4) is 0 Å². The van der Waals surface area contributed by atoms with E-state index in [-0.39, 0.29) is 11.9 Å². The summed E-state index contributed by atoms with van der Waals surface area (Å²) in [6.45, 7) is 2.75. The molecule has 0 radical (unpaired) electrons. The van der Waals surface area contributed by atoms with Crippen LogP contribution in [0.25, 0.3) is 10.9 Å². The van der Waals surface area contributed by atoms with Crippen molar-refractivity contribution in [2.45, 2.75) is 13.0 Å². The zero-order valence-corrected chi connectivity index (χ0v) is 11.8. The van der Waals surface area contributed by atoms with Gasteiger partial charge in [0.05, 0.1) is 17.8 Å². The molecular formula is C17H16FN3. The number of rotatable bonds is 4. The van der Waals surface area contributed by atoms with E-state index in [0.717, 1.165) is 23.0 Å². The lowest BCUT2D eigenvalue weighted by Gasteiger charge is -2.20. The van der Waals surface area contributed by atoms with Gasteiger partial charge in [-0.2, -0.15) is 0 Å². The topological polar surface area (TPSA) is 37.8 Å². The second kappa shape index (κ2) is 5.97. The Kier molecular flexibility index (Phi) is 3.88. The largest absolute Gasteiger partial charge is 0.306 e. The van der Waals surface area contributed by atoms with Crippen LogP contribution in [0, 0.1) is 5.82 Å².